The van der Waals surface area contributed by atoms with Crippen LogP contribution < -0.4 is 0 Å². The lowest BCUT2D eigenvalue weighted by atomic mass is 9.82. The van der Waals surface area contributed by atoms with E-state index in [4.69, 9.17) is 5.11 Å². The lowest BCUT2D eigenvalue weighted by Crippen LogP contribution is -2.12. The first-order chi connectivity index (χ1) is 6.98. The Bertz CT molecular complexity index is 173. The third-order valence-corrected chi connectivity index (χ3v) is 2.95. The van der Waals surface area contributed by atoms with Gasteiger partial charge in [-0.25, -0.2) is 0 Å². The first kappa shape index (κ1) is 14.5. The van der Waals surface area contributed by atoms with Gasteiger partial charge >= 0.3 is 5.97 Å². The number of carboxylic acids is 1. The summed E-state index contributed by atoms with van der Waals surface area (Å²) in [5.74, 6) is -0.670. The Hall–Kier alpha value is -0.530. The molecule has 15 heavy (non-hydrogen) atoms. The predicted octanol–water partition coefficient (Wildman–Crippen LogP) is 4.24. The summed E-state index contributed by atoms with van der Waals surface area (Å²) in [6.07, 6.45) is 8.60. The molecule has 0 saturated heterocycles. The van der Waals surface area contributed by atoms with E-state index < -0.39 is 5.97 Å². The molecule has 2 nitrogen and oxygen atoms in total. The zero-order valence-electron chi connectivity index (χ0n) is 10.5. The smallest absolute Gasteiger partial charge is 0.303 e. The van der Waals surface area contributed by atoms with Gasteiger partial charge in [0.05, 0.1) is 0 Å². The average Bonchev–Trinajstić information content (AvgIpc) is 2.11. The highest BCUT2D eigenvalue weighted by molar-refractivity contribution is 5.66. The Morgan fingerprint density at radius 1 is 1.07 bits per heavy atom. The van der Waals surface area contributed by atoms with Gasteiger partial charge in [-0.3, -0.25) is 4.79 Å². The van der Waals surface area contributed by atoms with Crippen LogP contribution in [0.25, 0.3) is 0 Å². The summed E-state index contributed by atoms with van der Waals surface area (Å²) in [4.78, 5) is 10.4. The summed E-state index contributed by atoms with van der Waals surface area (Å²) < 4.78 is 0. The number of carboxylic acid groups (broad SMARTS) is 1. The van der Waals surface area contributed by atoms with Crippen molar-refractivity contribution in [3.63, 3.8) is 0 Å². The van der Waals surface area contributed by atoms with E-state index in [0.29, 0.717) is 11.8 Å². The molecular formula is C13H26O2. The molecule has 2 heteroatoms. The van der Waals surface area contributed by atoms with Gasteiger partial charge in [-0.05, 0) is 24.7 Å². The van der Waals surface area contributed by atoms with Crippen molar-refractivity contribution in [3.05, 3.63) is 0 Å². The van der Waals surface area contributed by atoms with Gasteiger partial charge in [0.2, 0.25) is 0 Å². The van der Waals surface area contributed by atoms with Crippen molar-refractivity contribution in [2.75, 3.05) is 0 Å². The molecule has 0 atom stereocenters. The minimum absolute atomic E-state index is 0.318. The van der Waals surface area contributed by atoms with Gasteiger partial charge in [-0.15, -0.1) is 0 Å². The van der Waals surface area contributed by atoms with Crippen molar-refractivity contribution in [2.24, 2.45) is 5.41 Å². The number of hydrogen-bond donors (Lipinski definition) is 1. The maximum Gasteiger partial charge on any atom is 0.303 e. The molecule has 0 aliphatic heterocycles. The lowest BCUT2D eigenvalue weighted by molar-refractivity contribution is -0.137. The topological polar surface area (TPSA) is 37.3 Å². The molecule has 0 aliphatic rings. The third kappa shape index (κ3) is 9.77. The van der Waals surface area contributed by atoms with E-state index in [1.165, 1.54) is 32.1 Å². The number of unbranched alkanes of at least 4 members (excludes halogenated alkanes) is 3. The van der Waals surface area contributed by atoms with Crippen LogP contribution in [-0.2, 0) is 4.79 Å². The van der Waals surface area contributed by atoms with Crippen LogP contribution in [0.1, 0.15) is 72.1 Å². The first-order valence-electron chi connectivity index (χ1n) is 6.20. The van der Waals surface area contributed by atoms with E-state index in [1.54, 1.807) is 0 Å². The quantitative estimate of drug-likeness (QED) is 0.583. The third-order valence-electron chi connectivity index (χ3n) is 2.95. The second-order valence-corrected chi connectivity index (χ2v) is 5.22. The second-order valence-electron chi connectivity index (χ2n) is 5.22. The molecule has 0 unspecified atom stereocenters. The average molecular weight is 214 g/mol. The van der Waals surface area contributed by atoms with Crippen molar-refractivity contribution in [1.29, 1.82) is 0 Å². The molecular weight excluding hydrogens is 188 g/mol. The lowest BCUT2D eigenvalue weighted by Gasteiger charge is -2.24. The number of aliphatic carboxylic acids is 1. The summed E-state index contributed by atoms with van der Waals surface area (Å²) in [5.41, 5.74) is 0.323. The van der Waals surface area contributed by atoms with Crippen LogP contribution >= 0.6 is 0 Å². The molecule has 0 saturated carbocycles. The van der Waals surface area contributed by atoms with Crippen LogP contribution in [0.2, 0.25) is 0 Å². The van der Waals surface area contributed by atoms with Crippen LogP contribution in [0.4, 0.5) is 0 Å². The molecule has 0 spiro atoms. The standard InChI is InChI=1S/C13H26O2/c1-4-5-6-7-10-13(2,3)11-8-9-12(14)15/h4-11H2,1-3H3,(H,14,15). The van der Waals surface area contributed by atoms with Crippen LogP contribution in [-0.4, -0.2) is 11.1 Å². The predicted molar refractivity (Wildman–Crippen MR) is 64.0 cm³/mol. The zero-order chi connectivity index (χ0) is 11.7. The molecule has 0 rings (SSSR count). The summed E-state index contributed by atoms with van der Waals surface area (Å²) in [5, 5.41) is 8.56. The van der Waals surface area contributed by atoms with Gasteiger partial charge in [0.25, 0.3) is 0 Å². The van der Waals surface area contributed by atoms with Crippen LogP contribution in [0.3, 0.4) is 0 Å². The minimum Gasteiger partial charge on any atom is -0.481 e. The zero-order valence-corrected chi connectivity index (χ0v) is 10.5. The molecule has 0 fully saturated rings. The number of hydrogen-bond acceptors (Lipinski definition) is 1. The van der Waals surface area contributed by atoms with Gasteiger partial charge in [-0.2, -0.15) is 0 Å². The molecule has 0 amide bonds. The maximum absolute atomic E-state index is 10.4. The van der Waals surface area contributed by atoms with Crippen molar-refractivity contribution in [2.45, 2.75) is 72.1 Å². The monoisotopic (exact) mass is 214 g/mol. The Labute approximate surface area is 94.1 Å². The Morgan fingerprint density at radius 2 is 1.67 bits per heavy atom. The fourth-order valence-electron chi connectivity index (χ4n) is 1.87. The summed E-state index contributed by atoms with van der Waals surface area (Å²) in [6, 6.07) is 0. The molecule has 0 aliphatic carbocycles. The van der Waals surface area contributed by atoms with Crippen molar-refractivity contribution >= 4 is 5.97 Å². The summed E-state index contributed by atoms with van der Waals surface area (Å²) in [7, 11) is 0. The normalized spacial score (nSPS) is 11.7. The van der Waals surface area contributed by atoms with E-state index in [0.717, 1.165) is 12.8 Å². The molecule has 0 aromatic heterocycles. The molecule has 0 aromatic carbocycles. The van der Waals surface area contributed by atoms with Gasteiger partial charge in [0.15, 0.2) is 0 Å². The molecule has 0 aromatic rings. The van der Waals surface area contributed by atoms with E-state index in [9.17, 15) is 4.79 Å². The summed E-state index contributed by atoms with van der Waals surface area (Å²) >= 11 is 0. The van der Waals surface area contributed by atoms with Gasteiger partial charge in [0, 0.05) is 6.42 Å². The van der Waals surface area contributed by atoms with E-state index >= 15 is 0 Å². The maximum atomic E-state index is 10.4. The highest BCUT2D eigenvalue weighted by atomic mass is 16.4. The first-order valence-corrected chi connectivity index (χ1v) is 6.20. The van der Waals surface area contributed by atoms with Gasteiger partial charge < -0.3 is 5.11 Å². The van der Waals surface area contributed by atoms with Crippen molar-refractivity contribution in [3.8, 4) is 0 Å². The fourth-order valence-corrected chi connectivity index (χ4v) is 1.87. The summed E-state index contributed by atoms with van der Waals surface area (Å²) in [6.45, 7) is 6.72. The second kappa shape index (κ2) is 7.72. The van der Waals surface area contributed by atoms with Gasteiger partial charge in [0.1, 0.15) is 0 Å². The Balaban J connectivity index is 3.53. The van der Waals surface area contributed by atoms with Crippen molar-refractivity contribution in [1.82, 2.24) is 0 Å². The highest BCUT2D eigenvalue weighted by Crippen LogP contribution is 2.29. The Morgan fingerprint density at radius 3 is 2.20 bits per heavy atom. The largest absolute Gasteiger partial charge is 0.481 e. The van der Waals surface area contributed by atoms with Crippen LogP contribution in [0.5, 0.6) is 0 Å². The van der Waals surface area contributed by atoms with E-state index in [2.05, 4.69) is 20.8 Å². The molecule has 90 valence electrons. The highest BCUT2D eigenvalue weighted by Gasteiger charge is 2.17. The molecule has 0 heterocycles. The number of carbonyl (C=O) groups is 1. The molecule has 0 bridgehead atoms. The molecule has 1 N–H and O–H groups in total. The van der Waals surface area contributed by atoms with Crippen LogP contribution in [0.15, 0.2) is 0 Å². The number of rotatable bonds is 9. The van der Waals surface area contributed by atoms with Gasteiger partial charge in [-0.1, -0.05) is 46.5 Å². The molecule has 0 radical (unpaired) electrons. The van der Waals surface area contributed by atoms with Crippen LogP contribution in [0, 0.1) is 5.41 Å². The van der Waals surface area contributed by atoms with Crippen molar-refractivity contribution < 1.29 is 9.90 Å². The fraction of sp³-hybridized carbons (Fsp3) is 0.923. The Kier molecular flexibility index (Phi) is 7.45. The minimum atomic E-state index is -0.670. The SMILES string of the molecule is CCCCCCC(C)(C)CCCC(=O)O. The van der Waals surface area contributed by atoms with E-state index in [1.807, 2.05) is 0 Å². The van der Waals surface area contributed by atoms with E-state index in [-0.39, 0.29) is 0 Å².